The minimum atomic E-state index is -0.495. The molecule has 0 saturated heterocycles. The van der Waals surface area contributed by atoms with Crippen LogP contribution in [-0.2, 0) is 0 Å². The zero-order valence-electron chi connectivity index (χ0n) is 11.2. The molecule has 2 aromatic rings. The Bertz CT molecular complexity index is 681. The molecule has 5 nitrogen and oxygen atoms in total. The summed E-state index contributed by atoms with van der Waals surface area (Å²) in [5.41, 5.74) is 2.40. The highest BCUT2D eigenvalue weighted by atomic mass is 16.6. The number of nitro groups is 1. The van der Waals surface area contributed by atoms with Crippen LogP contribution >= 0.6 is 0 Å². The number of nitrogens with one attached hydrogen (secondary N) is 1. The van der Waals surface area contributed by atoms with E-state index in [0.717, 1.165) is 11.3 Å². The van der Waals surface area contributed by atoms with Crippen LogP contribution in [0.5, 0.6) is 0 Å². The number of ketones is 1. The molecule has 0 fully saturated rings. The molecule has 0 saturated carbocycles. The number of hydrogen-bond acceptors (Lipinski definition) is 4. The van der Waals surface area contributed by atoms with Gasteiger partial charge in [-0.05, 0) is 43.7 Å². The Kier molecular flexibility index (Phi) is 3.79. The molecule has 0 aliphatic heterocycles. The lowest BCUT2D eigenvalue weighted by molar-refractivity contribution is -0.383. The molecule has 0 aliphatic rings. The SMILES string of the molecule is CC(=O)c1ccc(Nc2cccc(C)c2)c([N+](=O)[O-])c1. The summed E-state index contributed by atoms with van der Waals surface area (Å²) < 4.78 is 0. The first kappa shape index (κ1) is 13.7. The van der Waals surface area contributed by atoms with Gasteiger partial charge in [-0.25, -0.2) is 0 Å². The minimum Gasteiger partial charge on any atom is -0.350 e. The Balaban J connectivity index is 2.41. The van der Waals surface area contributed by atoms with E-state index in [1.54, 1.807) is 12.1 Å². The molecule has 0 aliphatic carbocycles. The number of aryl methyl sites for hydroxylation is 1. The van der Waals surface area contributed by atoms with Crippen LogP contribution in [0.3, 0.4) is 0 Å². The number of Topliss-reactive ketones (excluding diaryl/α,β-unsaturated/α-hetero) is 1. The number of nitrogens with zero attached hydrogens (tertiary/aromatic N) is 1. The highest BCUT2D eigenvalue weighted by molar-refractivity contribution is 5.95. The fourth-order valence-electron chi connectivity index (χ4n) is 1.89. The molecule has 1 N–H and O–H groups in total. The quantitative estimate of drug-likeness (QED) is 0.520. The number of rotatable bonds is 4. The fraction of sp³-hybridized carbons (Fsp3) is 0.133. The topological polar surface area (TPSA) is 72.2 Å². The zero-order chi connectivity index (χ0) is 14.7. The van der Waals surface area contributed by atoms with E-state index in [1.807, 2.05) is 31.2 Å². The van der Waals surface area contributed by atoms with Crippen molar-refractivity contribution in [2.75, 3.05) is 5.32 Å². The summed E-state index contributed by atoms with van der Waals surface area (Å²) in [5.74, 6) is -0.199. The third kappa shape index (κ3) is 3.00. The number of nitro benzene ring substituents is 1. The van der Waals surface area contributed by atoms with Crippen molar-refractivity contribution in [2.45, 2.75) is 13.8 Å². The second-order valence-corrected chi connectivity index (χ2v) is 4.54. The third-order valence-electron chi connectivity index (χ3n) is 2.90. The first-order chi connectivity index (χ1) is 9.47. The third-order valence-corrected chi connectivity index (χ3v) is 2.90. The van der Waals surface area contributed by atoms with Gasteiger partial charge in [-0.3, -0.25) is 14.9 Å². The van der Waals surface area contributed by atoms with Gasteiger partial charge >= 0.3 is 0 Å². The minimum absolute atomic E-state index is 0.112. The van der Waals surface area contributed by atoms with E-state index in [0.29, 0.717) is 11.3 Å². The molecule has 20 heavy (non-hydrogen) atoms. The molecule has 0 amide bonds. The summed E-state index contributed by atoms with van der Waals surface area (Å²) in [4.78, 5) is 21.9. The molecular formula is C15H14N2O3. The summed E-state index contributed by atoms with van der Waals surface area (Å²) >= 11 is 0. The molecule has 0 spiro atoms. The van der Waals surface area contributed by atoms with Crippen LogP contribution in [0.4, 0.5) is 17.1 Å². The summed E-state index contributed by atoms with van der Waals surface area (Å²) in [5, 5.41) is 14.1. The Morgan fingerprint density at radius 2 is 1.95 bits per heavy atom. The summed E-state index contributed by atoms with van der Waals surface area (Å²) in [6.07, 6.45) is 0. The lowest BCUT2D eigenvalue weighted by Gasteiger charge is -2.08. The van der Waals surface area contributed by atoms with Crippen molar-refractivity contribution in [3.63, 3.8) is 0 Å². The molecule has 0 aromatic heterocycles. The van der Waals surface area contributed by atoms with Crippen LogP contribution in [0.15, 0.2) is 42.5 Å². The Morgan fingerprint density at radius 1 is 1.20 bits per heavy atom. The average Bonchev–Trinajstić information content (AvgIpc) is 2.38. The molecule has 0 radical (unpaired) electrons. The van der Waals surface area contributed by atoms with Gasteiger partial charge in [0.1, 0.15) is 5.69 Å². The lowest BCUT2D eigenvalue weighted by atomic mass is 10.1. The average molecular weight is 270 g/mol. The van der Waals surface area contributed by atoms with Gasteiger partial charge in [-0.15, -0.1) is 0 Å². The van der Waals surface area contributed by atoms with Gasteiger partial charge in [0.2, 0.25) is 0 Å². The molecule has 0 atom stereocenters. The summed E-state index contributed by atoms with van der Waals surface area (Å²) in [7, 11) is 0. The van der Waals surface area contributed by atoms with Crippen LogP contribution in [0, 0.1) is 17.0 Å². The zero-order valence-corrected chi connectivity index (χ0v) is 11.2. The van der Waals surface area contributed by atoms with Gasteiger partial charge < -0.3 is 5.32 Å². The number of anilines is 2. The smallest absolute Gasteiger partial charge is 0.293 e. The van der Waals surface area contributed by atoms with E-state index in [2.05, 4.69) is 5.32 Å². The molecule has 0 bridgehead atoms. The lowest BCUT2D eigenvalue weighted by Crippen LogP contribution is -2.00. The highest BCUT2D eigenvalue weighted by Gasteiger charge is 2.16. The van der Waals surface area contributed by atoms with Crippen molar-refractivity contribution < 1.29 is 9.72 Å². The van der Waals surface area contributed by atoms with Crippen molar-refractivity contribution >= 4 is 22.8 Å². The largest absolute Gasteiger partial charge is 0.350 e. The van der Waals surface area contributed by atoms with Crippen LogP contribution in [-0.4, -0.2) is 10.7 Å². The maximum absolute atomic E-state index is 11.3. The first-order valence-electron chi connectivity index (χ1n) is 6.10. The molecule has 0 unspecified atom stereocenters. The maximum atomic E-state index is 11.3. The monoisotopic (exact) mass is 270 g/mol. The predicted octanol–water partition coefficient (Wildman–Crippen LogP) is 3.85. The van der Waals surface area contributed by atoms with Crippen molar-refractivity contribution in [1.82, 2.24) is 0 Å². The van der Waals surface area contributed by atoms with E-state index < -0.39 is 4.92 Å². The van der Waals surface area contributed by atoms with Gasteiger partial charge in [0.05, 0.1) is 4.92 Å². The van der Waals surface area contributed by atoms with Crippen LogP contribution in [0.1, 0.15) is 22.8 Å². The van der Waals surface area contributed by atoms with Crippen molar-refractivity contribution in [3.05, 3.63) is 63.7 Å². The highest BCUT2D eigenvalue weighted by Crippen LogP contribution is 2.29. The molecule has 0 heterocycles. The molecule has 102 valence electrons. The second-order valence-electron chi connectivity index (χ2n) is 4.54. The standard InChI is InChI=1S/C15H14N2O3/c1-10-4-3-5-13(8-10)16-14-7-6-12(11(2)18)9-15(14)17(19)20/h3-9,16H,1-2H3. The Labute approximate surface area is 116 Å². The van der Waals surface area contributed by atoms with Crippen molar-refractivity contribution in [2.24, 2.45) is 0 Å². The molecule has 2 rings (SSSR count). The maximum Gasteiger partial charge on any atom is 0.293 e. The Hall–Kier alpha value is -2.69. The molecule has 5 heteroatoms. The fourth-order valence-corrected chi connectivity index (χ4v) is 1.89. The van der Waals surface area contributed by atoms with E-state index in [9.17, 15) is 14.9 Å². The predicted molar refractivity (Wildman–Crippen MR) is 77.6 cm³/mol. The van der Waals surface area contributed by atoms with Gasteiger partial charge in [-0.1, -0.05) is 12.1 Å². The van der Waals surface area contributed by atoms with E-state index in [1.165, 1.54) is 13.0 Å². The van der Waals surface area contributed by atoms with Crippen molar-refractivity contribution in [1.29, 1.82) is 0 Å². The first-order valence-corrected chi connectivity index (χ1v) is 6.10. The van der Waals surface area contributed by atoms with Crippen LogP contribution < -0.4 is 5.32 Å². The number of benzene rings is 2. The van der Waals surface area contributed by atoms with Gasteiger partial charge in [-0.2, -0.15) is 0 Å². The molecule has 2 aromatic carbocycles. The number of carbonyl (C=O) groups excluding carboxylic acids is 1. The normalized spacial score (nSPS) is 10.1. The van der Waals surface area contributed by atoms with E-state index >= 15 is 0 Å². The second kappa shape index (κ2) is 5.52. The van der Waals surface area contributed by atoms with Gasteiger partial charge in [0, 0.05) is 17.3 Å². The van der Waals surface area contributed by atoms with Crippen molar-refractivity contribution in [3.8, 4) is 0 Å². The van der Waals surface area contributed by atoms with E-state index in [-0.39, 0.29) is 11.5 Å². The number of carbonyl (C=O) groups is 1. The Morgan fingerprint density at radius 3 is 2.55 bits per heavy atom. The van der Waals surface area contributed by atoms with Crippen LogP contribution in [0.25, 0.3) is 0 Å². The van der Waals surface area contributed by atoms with Crippen LogP contribution in [0.2, 0.25) is 0 Å². The number of hydrogen-bond donors (Lipinski definition) is 1. The van der Waals surface area contributed by atoms with E-state index in [4.69, 9.17) is 0 Å². The van der Waals surface area contributed by atoms with Gasteiger partial charge in [0.15, 0.2) is 5.78 Å². The molecular weight excluding hydrogens is 256 g/mol. The summed E-state index contributed by atoms with van der Waals surface area (Å²) in [6.45, 7) is 3.32. The van der Waals surface area contributed by atoms with Gasteiger partial charge in [0.25, 0.3) is 5.69 Å². The summed E-state index contributed by atoms with van der Waals surface area (Å²) in [6, 6.07) is 12.0.